The van der Waals surface area contributed by atoms with E-state index in [1.165, 1.54) is 30.4 Å². The lowest BCUT2D eigenvalue weighted by Gasteiger charge is -2.29. The molecule has 1 aliphatic rings. The molecule has 214 valence electrons. The molecular formula is C29H26ClFN8O3. The summed E-state index contributed by atoms with van der Waals surface area (Å²) in [5.41, 5.74) is 3.66. The zero-order valence-corrected chi connectivity index (χ0v) is 23.3. The Hall–Kier alpha value is -4.84. The number of halogens is 2. The van der Waals surface area contributed by atoms with Gasteiger partial charge in [0.1, 0.15) is 12.4 Å². The minimum atomic E-state index is -0.673. The molecule has 1 amide bonds. The first-order valence-electron chi connectivity index (χ1n) is 13.4. The predicted octanol–water partition coefficient (Wildman–Crippen LogP) is 5.58. The molecule has 3 heterocycles. The Bertz CT molecular complexity index is 1720. The summed E-state index contributed by atoms with van der Waals surface area (Å²) in [6, 6.07) is 13.4. The molecule has 13 heteroatoms. The van der Waals surface area contributed by atoms with E-state index >= 15 is 4.39 Å². The number of hydrogen-bond acceptors (Lipinski definition) is 7. The average Bonchev–Trinajstić information content (AvgIpc) is 3.68. The van der Waals surface area contributed by atoms with Gasteiger partial charge in [0, 0.05) is 23.5 Å². The van der Waals surface area contributed by atoms with E-state index in [1.807, 2.05) is 23.0 Å². The smallest absolute Gasteiger partial charge is 0.411 e. The highest BCUT2D eigenvalue weighted by molar-refractivity contribution is 6.31. The normalized spacial score (nSPS) is 13.9. The van der Waals surface area contributed by atoms with E-state index in [-0.39, 0.29) is 16.6 Å². The van der Waals surface area contributed by atoms with Gasteiger partial charge in [-0.05, 0) is 58.7 Å². The fourth-order valence-corrected chi connectivity index (χ4v) is 5.31. The molecule has 1 aliphatic carbocycles. The molecule has 0 saturated heterocycles. The maximum absolute atomic E-state index is 15.3. The molecule has 1 N–H and O–H groups in total. The molecule has 1 unspecified atom stereocenters. The SMILES string of the molecule is COC(=O)Nc1ccc(-c2cnn(C(CC3CCC3)c3ccc(-c4c(-n5cnnn5)ccc(Cl)c4F)c[n+]3[O-])c2)cc1. The zero-order chi connectivity index (χ0) is 29.2. The molecular weight excluding hydrogens is 563 g/mol. The fraction of sp³-hybridized carbons (Fsp3) is 0.241. The average molecular weight is 589 g/mol. The first-order chi connectivity index (χ1) is 20.4. The Labute approximate surface area is 245 Å². The van der Waals surface area contributed by atoms with E-state index in [4.69, 9.17) is 11.6 Å². The number of nitrogens with zero attached hydrogens (tertiary/aromatic N) is 7. The Balaban J connectivity index is 1.33. The first kappa shape index (κ1) is 27.3. The van der Waals surface area contributed by atoms with Crippen LogP contribution in [0.25, 0.3) is 27.9 Å². The summed E-state index contributed by atoms with van der Waals surface area (Å²) in [4.78, 5) is 11.5. The lowest BCUT2D eigenvalue weighted by molar-refractivity contribution is -0.615. The number of benzene rings is 2. The second-order valence-corrected chi connectivity index (χ2v) is 10.5. The molecule has 1 fully saturated rings. The van der Waals surface area contributed by atoms with Gasteiger partial charge in [-0.15, -0.1) is 5.10 Å². The summed E-state index contributed by atoms with van der Waals surface area (Å²) in [6.45, 7) is 0. The van der Waals surface area contributed by atoms with Crippen molar-refractivity contribution in [2.45, 2.75) is 31.7 Å². The summed E-state index contributed by atoms with van der Waals surface area (Å²) < 4.78 is 23.9. The van der Waals surface area contributed by atoms with Crippen molar-refractivity contribution in [1.29, 1.82) is 0 Å². The molecule has 42 heavy (non-hydrogen) atoms. The third-order valence-corrected chi connectivity index (χ3v) is 7.89. The number of rotatable bonds is 8. The molecule has 1 atom stereocenters. The van der Waals surface area contributed by atoms with Crippen LogP contribution in [0.5, 0.6) is 0 Å². The number of hydrogen-bond donors (Lipinski definition) is 1. The molecule has 11 nitrogen and oxygen atoms in total. The number of nitrogens with one attached hydrogen (secondary N) is 1. The van der Waals surface area contributed by atoms with Crippen molar-refractivity contribution in [3.05, 3.63) is 95.2 Å². The third kappa shape index (κ3) is 5.40. The number of amides is 1. The highest BCUT2D eigenvalue weighted by Crippen LogP contribution is 2.37. The van der Waals surface area contributed by atoms with Crippen LogP contribution in [-0.2, 0) is 4.74 Å². The van der Waals surface area contributed by atoms with Gasteiger partial charge in [-0.2, -0.15) is 14.5 Å². The van der Waals surface area contributed by atoms with Crippen LogP contribution in [0.15, 0.2) is 73.4 Å². The van der Waals surface area contributed by atoms with Crippen molar-refractivity contribution in [2.75, 3.05) is 12.4 Å². The van der Waals surface area contributed by atoms with Gasteiger partial charge in [0.05, 0.1) is 35.1 Å². The zero-order valence-electron chi connectivity index (χ0n) is 22.5. The van der Waals surface area contributed by atoms with Crippen LogP contribution in [-0.4, -0.2) is 43.2 Å². The molecule has 0 spiro atoms. The first-order valence-corrected chi connectivity index (χ1v) is 13.7. The van der Waals surface area contributed by atoms with Crippen LogP contribution in [0.3, 0.4) is 0 Å². The molecule has 6 rings (SSSR count). The van der Waals surface area contributed by atoms with Gasteiger partial charge < -0.3 is 9.94 Å². The molecule has 1 saturated carbocycles. The number of ether oxygens (including phenoxy) is 1. The van der Waals surface area contributed by atoms with E-state index < -0.39 is 11.9 Å². The second-order valence-electron chi connectivity index (χ2n) is 10.1. The molecule has 0 aliphatic heterocycles. The van der Waals surface area contributed by atoms with Gasteiger partial charge in [0.15, 0.2) is 12.0 Å². The number of methoxy groups -OCH3 is 1. The Morgan fingerprint density at radius 1 is 1.17 bits per heavy atom. The predicted molar refractivity (Wildman–Crippen MR) is 152 cm³/mol. The third-order valence-electron chi connectivity index (χ3n) is 7.60. The molecule has 0 radical (unpaired) electrons. The van der Waals surface area contributed by atoms with Crippen LogP contribution in [0, 0.1) is 16.9 Å². The van der Waals surface area contributed by atoms with Crippen LogP contribution in [0.2, 0.25) is 5.02 Å². The second kappa shape index (κ2) is 11.6. The van der Waals surface area contributed by atoms with Crippen LogP contribution >= 0.6 is 11.6 Å². The highest BCUT2D eigenvalue weighted by Gasteiger charge is 2.30. The van der Waals surface area contributed by atoms with Crippen molar-refractivity contribution >= 4 is 23.4 Å². The molecule has 3 aromatic heterocycles. The largest absolute Gasteiger partial charge is 0.618 e. The number of carbonyl (C=O) groups is 1. The number of anilines is 1. The summed E-state index contributed by atoms with van der Waals surface area (Å²) in [6.07, 6.45) is 9.91. The van der Waals surface area contributed by atoms with E-state index in [9.17, 15) is 10.0 Å². The number of carbonyl (C=O) groups excluding carboxylic acids is 1. The van der Waals surface area contributed by atoms with Gasteiger partial charge >= 0.3 is 6.09 Å². The maximum Gasteiger partial charge on any atom is 0.411 e. The number of pyridine rings is 1. The van der Waals surface area contributed by atoms with E-state index in [2.05, 4.69) is 30.7 Å². The minimum absolute atomic E-state index is 0.0793. The van der Waals surface area contributed by atoms with E-state index in [0.717, 1.165) is 41.5 Å². The van der Waals surface area contributed by atoms with Crippen molar-refractivity contribution < 1.29 is 18.7 Å². The fourth-order valence-electron chi connectivity index (χ4n) is 5.16. The monoisotopic (exact) mass is 588 g/mol. The number of aromatic nitrogens is 7. The van der Waals surface area contributed by atoms with Crippen LogP contribution < -0.4 is 10.0 Å². The summed E-state index contributed by atoms with van der Waals surface area (Å²) in [5, 5.41) is 31.9. The topological polar surface area (TPSA) is 127 Å². The molecule has 5 aromatic rings. The van der Waals surface area contributed by atoms with Crippen molar-refractivity contribution in [2.24, 2.45) is 5.92 Å². The standard InChI is InChI=1S/C29H26ClFN8O3/c1-42-29(40)34-22-8-5-19(6-9-22)21-14-33-37(15-21)26(13-18-3-2-4-18)24-11-7-20(16-39(24)41)27-25(38-17-32-35-36-38)12-10-23(30)28(27)31/h5-12,14-18,26H,2-4,13H2,1H3,(H,34,40). The number of tetrazole rings is 1. The lowest BCUT2D eigenvalue weighted by Crippen LogP contribution is -2.36. The Kier molecular flexibility index (Phi) is 7.53. The van der Waals surface area contributed by atoms with Gasteiger partial charge in [0.25, 0.3) is 0 Å². The lowest BCUT2D eigenvalue weighted by atomic mass is 9.80. The van der Waals surface area contributed by atoms with Gasteiger partial charge in [-0.3, -0.25) is 10.00 Å². The minimum Gasteiger partial charge on any atom is -0.618 e. The highest BCUT2D eigenvalue weighted by atomic mass is 35.5. The quantitative estimate of drug-likeness (QED) is 0.185. The Morgan fingerprint density at radius 3 is 2.62 bits per heavy atom. The summed E-state index contributed by atoms with van der Waals surface area (Å²) in [5.74, 6) is -0.198. The molecule has 2 aromatic carbocycles. The summed E-state index contributed by atoms with van der Waals surface area (Å²) >= 11 is 6.11. The maximum atomic E-state index is 15.3. The summed E-state index contributed by atoms with van der Waals surface area (Å²) in [7, 11) is 1.31. The van der Waals surface area contributed by atoms with Crippen LogP contribution in [0.4, 0.5) is 14.9 Å². The van der Waals surface area contributed by atoms with Gasteiger partial charge in [-0.1, -0.05) is 43.0 Å². The Morgan fingerprint density at radius 2 is 1.95 bits per heavy atom. The van der Waals surface area contributed by atoms with Crippen molar-refractivity contribution in [3.8, 4) is 27.9 Å². The van der Waals surface area contributed by atoms with E-state index in [1.54, 1.807) is 36.5 Å². The molecule has 0 bridgehead atoms. The van der Waals surface area contributed by atoms with Crippen molar-refractivity contribution in [1.82, 2.24) is 30.0 Å². The van der Waals surface area contributed by atoms with E-state index in [0.29, 0.717) is 28.6 Å². The van der Waals surface area contributed by atoms with Crippen molar-refractivity contribution in [3.63, 3.8) is 0 Å². The van der Waals surface area contributed by atoms with Gasteiger partial charge in [0.2, 0.25) is 5.69 Å². The van der Waals surface area contributed by atoms with Gasteiger partial charge in [-0.25, -0.2) is 9.18 Å². The van der Waals surface area contributed by atoms with Crippen LogP contribution in [0.1, 0.15) is 37.4 Å².